The lowest BCUT2D eigenvalue weighted by Crippen LogP contribution is -2.43. The Bertz CT molecular complexity index is 777. The summed E-state index contributed by atoms with van der Waals surface area (Å²) in [5.74, 6) is 0.771. The average Bonchev–Trinajstić information content (AvgIpc) is 2.76. The maximum absolute atomic E-state index is 12.1. The van der Waals surface area contributed by atoms with Crippen LogP contribution in [0.1, 0.15) is 43.0 Å². The van der Waals surface area contributed by atoms with Crippen molar-refractivity contribution in [2.45, 2.75) is 32.6 Å². The fourth-order valence-electron chi connectivity index (χ4n) is 2.54. The van der Waals surface area contributed by atoms with Crippen LogP contribution in [0.2, 0.25) is 0 Å². The van der Waals surface area contributed by atoms with E-state index in [0.29, 0.717) is 29.4 Å². The topological polar surface area (TPSA) is 85.9 Å². The van der Waals surface area contributed by atoms with E-state index in [1.165, 1.54) is 20.0 Å². The number of ether oxygens (including phenoxy) is 3. The van der Waals surface area contributed by atoms with Gasteiger partial charge in [0, 0.05) is 5.56 Å². The predicted molar refractivity (Wildman–Crippen MR) is 110 cm³/mol. The summed E-state index contributed by atoms with van der Waals surface area (Å²) in [6.07, 6.45) is 4.56. The number of hydrogen-bond donors (Lipinski definition) is 2. The van der Waals surface area contributed by atoms with E-state index in [1.54, 1.807) is 48.5 Å². The van der Waals surface area contributed by atoms with Crippen LogP contribution in [-0.4, -0.2) is 32.1 Å². The van der Waals surface area contributed by atoms with Crippen LogP contribution in [0.25, 0.3) is 0 Å². The first-order valence-electron chi connectivity index (χ1n) is 9.72. The molecule has 0 fully saturated rings. The molecule has 0 saturated heterocycles. The standard InChI is InChI=1S/C22H28N2O5/c1-3-4-5-8-15-28-18-13-11-17(12-14-18)22(26)24-23-21(25)16-29-20-10-7-6-9-19(20)27-2/h6-7,9-14H,3-5,8,15-16H2,1-2H3,(H,23,25)(H,24,26). The molecule has 2 rings (SSSR count). The number of hydrazine groups is 1. The van der Waals surface area contributed by atoms with Crippen LogP contribution in [0, 0.1) is 0 Å². The molecule has 0 saturated carbocycles. The molecular weight excluding hydrogens is 372 g/mol. The number of hydrogen-bond acceptors (Lipinski definition) is 5. The molecule has 0 aliphatic carbocycles. The summed E-state index contributed by atoms with van der Waals surface area (Å²) in [6, 6.07) is 13.8. The molecule has 7 heteroatoms. The highest BCUT2D eigenvalue weighted by Crippen LogP contribution is 2.25. The first kappa shape index (κ1) is 22.1. The molecular formula is C22H28N2O5. The predicted octanol–water partition coefficient (Wildman–Crippen LogP) is 3.49. The zero-order valence-corrected chi connectivity index (χ0v) is 16.9. The number of nitrogens with one attached hydrogen (secondary N) is 2. The van der Waals surface area contributed by atoms with Crippen molar-refractivity contribution in [3.63, 3.8) is 0 Å². The minimum absolute atomic E-state index is 0.258. The fraction of sp³-hybridized carbons (Fsp3) is 0.364. The van der Waals surface area contributed by atoms with E-state index in [9.17, 15) is 9.59 Å². The van der Waals surface area contributed by atoms with E-state index in [0.717, 1.165) is 12.8 Å². The van der Waals surface area contributed by atoms with Crippen molar-refractivity contribution in [1.29, 1.82) is 0 Å². The Morgan fingerprint density at radius 1 is 0.862 bits per heavy atom. The third-order valence-electron chi connectivity index (χ3n) is 4.13. The fourth-order valence-corrected chi connectivity index (χ4v) is 2.54. The Morgan fingerprint density at radius 3 is 2.28 bits per heavy atom. The summed E-state index contributed by atoms with van der Waals surface area (Å²) in [6.45, 7) is 2.57. The number of benzene rings is 2. The summed E-state index contributed by atoms with van der Waals surface area (Å²) < 4.78 is 16.2. The molecule has 2 aromatic rings. The largest absolute Gasteiger partial charge is 0.494 e. The molecule has 0 radical (unpaired) electrons. The molecule has 0 atom stereocenters. The average molecular weight is 400 g/mol. The summed E-state index contributed by atoms with van der Waals surface area (Å²) in [4.78, 5) is 24.0. The number of carbonyl (C=O) groups excluding carboxylic acids is 2. The van der Waals surface area contributed by atoms with Gasteiger partial charge in [-0.25, -0.2) is 0 Å². The monoisotopic (exact) mass is 400 g/mol. The smallest absolute Gasteiger partial charge is 0.276 e. The number of amides is 2. The molecule has 156 valence electrons. The van der Waals surface area contributed by atoms with Gasteiger partial charge in [0.2, 0.25) is 0 Å². The van der Waals surface area contributed by atoms with Crippen LogP contribution in [0.15, 0.2) is 48.5 Å². The maximum Gasteiger partial charge on any atom is 0.276 e. The van der Waals surface area contributed by atoms with E-state index < -0.39 is 11.8 Å². The van der Waals surface area contributed by atoms with E-state index >= 15 is 0 Å². The van der Waals surface area contributed by atoms with Crippen molar-refractivity contribution in [1.82, 2.24) is 10.9 Å². The number of rotatable bonds is 11. The molecule has 29 heavy (non-hydrogen) atoms. The van der Waals surface area contributed by atoms with E-state index in [-0.39, 0.29) is 6.61 Å². The van der Waals surface area contributed by atoms with Gasteiger partial charge in [-0.05, 0) is 42.8 Å². The number of methoxy groups -OCH3 is 1. The molecule has 2 N–H and O–H groups in total. The third kappa shape index (κ3) is 7.73. The normalized spacial score (nSPS) is 10.1. The lowest BCUT2D eigenvalue weighted by Gasteiger charge is -2.11. The van der Waals surface area contributed by atoms with Crippen molar-refractivity contribution in [2.75, 3.05) is 20.3 Å². The summed E-state index contributed by atoms with van der Waals surface area (Å²) in [5.41, 5.74) is 5.09. The number of para-hydroxylation sites is 2. The highest BCUT2D eigenvalue weighted by atomic mass is 16.5. The lowest BCUT2D eigenvalue weighted by molar-refractivity contribution is -0.123. The van der Waals surface area contributed by atoms with Crippen molar-refractivity contribution < 1.29 is 23.8 Å². The Balaban J connectivity index is 1.72. The number of carbonyl (C=O) groups is 2. The van der Waals surface area contributed by atoms with Crippen LogP contribution in [0.5, 0.6) is 17.2 Å². The highest BCUT2D eigenvalue weighted by molar-refractivity contribution is 5.95. The molecule has 0 unspecified atom stereocenters. The second-order valence-corrected chi connectivity index (χ2v) is 6.38. The highest BCUT2D eigenvalue weighted by Gasteiger charge is 2.10. The summed E-state index contributed by atoms with van der Waals surface area (Å²) in [7, 11) is 1.52. The van der Waals surface area contributed by atoms with E-state index in [1.807, 2.05) is 0 Å². The first-order valence-corrected chi connectivity index (χ1v) is 9.72. The van der Waals surface area contributed by atoms with Gasteiger partial charge in [0.15, 0.2) is 18.1 Å². The van der Waals surface area contributed by atoms with Gasteiger partial charge in [0.1, 0.15) is 5.75 Å². The Labute approximate surface area is 171 Å². The van der Waals surface area contributed by atoms with Crippen molar-refractivity contribution in [2.24, 2.45) is 0 Å². The van der Waals surface area contributed by atoms with Crippen LogP contribution >= 0.6 is 0 Å². The maximum atomic E-state index is 12.1. The van der Waals surface area contributed by atoms with Crippen molar-refractivity contribution >= 4 is 11.8 Å². The minimum Gasteiger partial charge on any atom is -0.494 e. The Morgan fingerprint density at radius 2 is 1.59 bits per heavy atom. The van der Waals surface area contributed by atoms with E-state index in [4.69, 9.17) is 14.2 Å². The van der Waals surface area contributed by atoms with Gasteiger partial charge in [-0.1, -0.05) is 38.3 Å². The van der Waals surface area contributed by atoms with Gasteiger partial charge in [-0.15, -0.1) is 0 Å². The molecule has 0 aliphatic heterocycles. The van der Waals surface area contributed by atoms with Gasteiger partial charge < -0.3 is 14.2 Å². The van der Waals surface area contributed by atoms with Crippen molar-refractivity contribution in [3.05, 3.63) is 54.1 Å². The molecule has 0 bridgehead atoms. The molecule has 0 aliphatic rings. The Kier molecular flexibility index (Phi) is 9.35. The molecule has 2 aromatic carbocycles. The van der Waals surface area contributed by atoms with Gasteiger partial charge >= 0.3 is 0 Å². The SMILES string of the molecule is CCCCCCOc1ccc(C(=O)NNC(=O)COc2ccccc2OC)cc1. The number of unbranched alkanes of at least 4 members (excludes halogenated alkanes) is 3. The van der Waals surface area contributed by atoms with Crippen molar-refractivity contribution in [3.8, 4) is 17.2 Å². The van der Waals surface area contributed by atoms with Crippen LogP contribution in [-0.2, 0) is 4.79 Å². The van der Waals surface area contributed by atoms with Crippen LogP contribution in [0.4, 0.5) is 0 Å². The third-order valence-corrected chi connectivity index (χ3v) is 4.13. The van der Waals surface area contributed by atoms with Gasteiger partial charge in [-0.3, -0.25) is 20.4 Å². The van der Waals surface area contributed by atoms with Gasteiger partial charge in [-0.2, -0.15) is 0 Å². The second-order valence-electron chi connectivity index (χ2n) is 6.38. The molecule has 7 nitrogen and oxygen atoms in total. The van der Waals surface area contributed by atoms with Gasteiger partial charge in [0.05, 0.1) is 13.7 Å². The molecule has 0 aromatic heterocycles. The summed E-state index contributed by atoms with van der Waals surface area (Å²) in [5, 5.41) is 0. The zero-order chi connectivity index (χ0) is 20.9. The first-order chi connectivity index (χ1) is 14.1. The lowest BCUT2D eigenvalue weighted by atomic mass is 10.2. The van der Waals surface area contributed by atoms with Crippen LogP contribution < -0.4 is 25.1 Å². The van der Waals surface area contributed by atoms with Gasteiger partial charge in [0.25, 0.3) is 11.8 Å². The zero-order valence-electron chi connectivity index (χ0n) is 16.9. The molecule has 0 heterocycles. The Hall–Kier alpha value is -3.22. The summed E-state index contributed by atoms with van der Waals surface area (Å²) >= 11 is 0. The van der Waals surface area contributed by atoms with E-state index in [2.05, 4.69) is 17.8 Å². The van der Waals surface area contributed by atoms with Crippen LogP contribution in [0.3, 0.4) is 0 Å². The minimum atomic E-state index is -0.490. The molecule has 2 amide bonds. The second kappa shape index (κ2) is 12.3. The quantitative estimate of drug-likeness (QED) is 0.445. The molecule has 0 spiro atoms.